The molecule has 0 spiro atoms. The van der Waals surface area contributed by atoms with E-state index in [1.54, 1.807) is 38.5 Å². The van der Waals surface area contributed by atoms with Crippen LogP contribution in [0.4, 0.5) is 0 Å². The van der Waals surface area contributed by atoms with Gasteiger partial charge in [0.05, 0.1) is 25.0 Å². The first kappa shape index (κ1) is 13.0. The lowest BCUT2D eigenvalue weighted by molar-refractivity contribution is 0.187. The zero-order valence-electron chi connectivity index (χ0n) is 10.0. The molecular weight excluding hydrogens is 300 g/mol. The zero-order valence-corrected chi connectivity index (χ0v) is 11.6. The molecular formula is C13H13BrO4. The quantitative estimate of drug-likeness (QED) is 0.942. The van der Waals surface area contributed by atoms with Crippen LogP contribution in [-0.4, -0.2) is 19.3 Å². The van der Waals surface area contributed by atoms with Gasteiger partial charge in [0, 0.05) is 6.07 Å². The van der Waals surface area contributed by atoms with Gasteiger partial charge in [-0.05, 0) is 39.7 Å². The highest BCUT2D eigenvalue weighted by Crippen LogP contribution is 2.33. The van der Waals surface area contributed by atoms with Crippen LogP contribution in [-0.2, 0) is 0 Å². The molecule has 4 nitrogen and oxygen atoms in total. The van der Waals surface area contributed by atoms with E-state index in [-0.39, 0.29) is 0 Å². The molecule has 1 heterocycles. The van der Waals surface area contributed by atoms with E-state index in [9.17, 15) is 5.11 Å². The van der Waals surface area contributed by atoms with Gasteiger partial charge < -0.3 is 19.0 Å². The smallest absolute Gasteiger partial charge is 0.150 e. The van der Waals surface area contributed by atoms with Gasteiger partial charge in [0.25, 0.3) is 0 Å². The topological polar surface area (TPSA) is 51.8 Å². The van der Waals surface area contributed by atoms with Gasteiger partial charge >= 0.3 is 0 Å². The van der Waals surface area contributed by atoms with Crippen molar-refractivity contribution in [1.82, 2.24) is 0 Å². The number of furan rings is 1. The van der Waals surface area contributed by atoms with E-state index in [2.05, 4.69) is 15.9 Å². The van der Waals surface area contributed by atoms with Gasteiger partial charge in [-0.25, -0.2) is 0 Å². The Morgan fingerprint density at radius 1 is 1.17 bits per heavy atom. The number of ether oxygens (including phenoxy) is 2. The van der Waals surface area contributed by atoms with E-state index >= 15 is 0 Å². The molecule has 2 aromatic rings. The van der Waals surface area contributed by atoms with Gasteiger partial charge in [-0.1, -0.05) is 0 Å². The summed E-state index contributed by atoms with van der Waals surface area (Å²) in [5.41, 5.74) is 0.641. The number of hydrogen-bond donors (Lipinski definition) is 1. The molecule has 1 atom stereocenters. The molecule has 0 saturated carbocycles. The fourth-order valence-electron chi connectivity index (χ4n) is 1.64. The summed E-state index contributed by atoms with van der Waals surface area (Å²) in [5.74, 6) is 1.68. The van der Waals surface area contributed by atoms with Crippen LogP contribution in [0.5, 0.6) is 11.5 Å². The van der Waals surface area contributed by atoms with Crippen LogP contribution in [0, 0.1) is 0 Å². The highest BCUT2D eigenvalue weighted by Gasteiger charge is 2.18. The van der Waals surface area contributed by atoms with Crippen molar-refractivity contribution in [3.63, 3.8) is 0 Å². The highest BCUT2D eigenvalue weighted by molar-refractivity contribution is 9.10. The number of aliphatic hydroxyl groups excluding tert-OH is 1. The Hall–Kier alpha value is -1.46. The molecule has 0 aliphatic heterocycles. The molecule has 96 valence electrons. The molecule has 2 rings (SSSR count). The van der Waals surface area contributed by atoms with Gasteiger partial charge in [-0.3, -0.25) is 0 Å². The van der Waals surface area contributed by atoms with Crippen molar-refractivity contribution in [2.75, 3.05) is 14.2 Å². The van der Waals surface area contributed by atoms with E-state index in [1.165, 1.54) is 6.26 Å². The first-order valence-electron chi connectivity index (χ1n) is 5.29. The molecule has 0 bridgehead atoms. The van der Waals surface area contributed by atoms with Crippen LogP contribution in [0.1, 0.15) is 17.4 Å². The third kappa shape index (κ3) is 2.52. The Balaban J connectivity index is 2.41. The molecule has 0 aliphatic rings. The minimum Gasteiger partial charge on any atom is -0.497 e. The lowest BCUT2D eigenvalue weighted by atomic mass is 10.1. The van der Waals surface area contributed by atoms with Crippen LogP contribution in [0.3, 0.4) is 0 Å². The summed E-state index contributed by atoms with van der Waals surface area (Å²) in [7, 11) is 3.13. The summed E-state index contributed by atoms with van der Waals surface area (Å²) in [4.78, 5) is 0. The number of halogens is 1. The molecule has 1 unspecified atom stereocenters. The molecule has 0 radical (unpaired) electrons. The molecule has 0 fully saturated rings. The van der Waals surface area contributed by atoms with E-state index in [1.807, 2.05) is 0 Å². The maximum atomic E-state index is 10.3. The zero-order chi connectivity index (χ0) is 13.1. The van der Waals surface area contributed by atoms with Crippen molar-refractivity contribution in [2.45, 2.75) is 6.10 Å². The third-order valence-electron chi connectivity index (χ3n) is 2.58. The Bertz CT molecular complexity index is 513. The fraction of sp³-hybridized carbons (Fsp3) is 0.231. The van der Waals surface area contributed by atoms with Gasteiger partial charge in [0.2, 0.25) is 0 Å². The summed E-state index contributed by atoms with van der Waals surface area (Å²) in [6, 6.07) is 6.95. The summed E-state index contributed by atoms with van der Waals surface area (Å²) in [6.07, 6.45) is 0.637. The van der Waals surface area contributed by atoms with Crippen molar-refractivity contribution in [3.8, 4) is 11.5 Å². The molecule has 18 heavy (non-hydrogen) atoms. The second-order valence-electron chi connectivity index (χ2n) is 3.68. The van der Waals surface area contributed by atoms with E-state index < -0.39 is 6.10 Å². The summed E-state index contributed by atoms with van der Waals surface area (Å²) >= 11 is 3.32. The number of benzene rings is 1. The SMILES string of the molecule is COc1cc(OC)cc(C(O)c2occc2Br)c1. The van der Waals surface area contributed by atoms with Crippen molar-refractivity contribution in [1.29, 1.82) is 0 Å². The third-order valence-corrected chi connectivity index (χ3v) is 3.24. The average molecular weight is 313 g/mol. The number of aliphatic hydroxyl groups is 1. The van der Waals surface area contributed by atoms with Crippen LogP contribution in [0.2, 0.25) is 0 Å². The molecule has 5 heteroatoms. The fourth-order valence-corrected chi connectivity index (χ4v) is 2.06. The highest BCUT2D eigenvalue weighted by atomic mass is 79.9. The van der Waals surface area contributed by atoms with E-state index in [0.717, 1.165) is 4.47 Å². The minimum absolute atomic E-state index is 0.449. The summed E-state index contributed by atoms with van der Waals surface area (Å²) < 4.78 is 16.3. The van der Waals surface area contributed by atoms with Crippen LogP contribution >= 0.6 is 15.9 Å². The predicted octanol–water partition coefficient (Wildman–Crippen LogP) is 3.14. The van der Waals surface area contributed by atoms with Crippen molar-refractivity contribution in [3.05, 3.63) is 46.3 Å². The van der Waals surface area contributed by atoms with Crippen molar-refractivity contribution < 1.29 is 19.0 Å². The number of rotatable bonds is 4. The lowest BCUT2D eigenvalue weighted by Gasteiger charge is -2.12. The Morgan fingerprint density at radius 3 is 2.22 bits per heavy atom. The number of hydrogen-bond acceptors (Lipinski definition) is 4. The number of methoxy groups -OCH3 is 2. The van der Waals surface area contributed by atoms with E-state index in [4.69, 9.17) is 13.9 Å². The van der Waals surface area contributed by atoms with Gasteiger partial charge in [0.1, 0.15) is 17.6 Å². The van der Waals surface area contributed by atoms with Crippen molar-refractivity contribution >= 4 is 15.9 Å². The summed E-state index contributed by atoms with van der Waals surface area (Å²) in [6.45, 7) is 0. The Morgan fingerprint density at radius 2 is 1.78 bits per heavy atom. The lowest BCUT2D eigenvalue weighted by Crippen LogP contribution is -2.00. The molecule has 1 aromatic heterocycles. The maximum absolute atomic E-state index is 10.3. The monoisotopic (exact) mass is 312 g/mol. The molecule has 0 aliphatic carbocycles. The van der Waals surface area contributed by atoms with Gasteiger partial charge in [-0.15, -0.1) is 0 Å². The first-order valence-corrected chi connectivity index (χ1v) is 6.09. The van der Waals surface area contributed by atoms with Gasteiger partial charge in [0.15, 0.2) is 5.76 Å². The minimum atomic E-state index is -0.877. The molecule has 1 N–H and O–H groups in total. The van der Waals surface area contributed by atoms with Crippen LogP contribution in [0.25, 0.3) is 0 Å². The molecule has 0 saturated heterocycles. The van der Waals surface area contributed by atoms with Gasteiger partial charge in [-0.2, -0.15) is 0 Å². The largest absolute Gasteiger partial charge is 0.497 e. The van der Waals surface area contributed by atoms with Crippen molar-refractivity contribution in [2.24, 2.45) is 0 Å². The van der Waals surface area contributed by atoms with E-state index in [0.29, 0.717) is 22.8 Å². The predicted molar refractivity (Wildman–Crippen MR) is 70.0 cm³/mol. The molecule has 0 amide bonds. The van der Waals surface area contributed by atoms with Crippen LogP contribution < -0.4 is 9.47 Å². The second kappa shape index (κ2) is 5.46. The normalized spacial score (nSPS) is 12.2. The first-order chi connectivity index (χ1) is 8.65. The average Bonchev–Trinajstić information content (AvgIpc) is 2.83. The second-order valence-corrected chi connectivity index (χ2v) is 4.54. The maximum Gasteiger partial charge on any atom is 0.150 e. The standard InChI is InChI=1S/C13H13BrO4/c1-16-9-5-8(6-10(7-9)17-2)12(15)13-11(14)3-4-18-13/h3-7,12,15H,1-2H3. The summed E-state index contributed by atoms with van der Waals surface area (Å²) in [5, 5.41) is 10.3. The van der Waals surface area contributed by atoms with Crippen LogP contribution in [0.15, 0.2) is 39.4 Å². The Kier molecular flexibility index (Phi) is 3.93. The molecule has 1 aromatic carbocycles. The Labute approximate surface area is 113 Å².